The average molecular weight is 896 g/mol. The van der Waals surface area contributed by atoms with E-state index in [0.29, 0.717) is 65.9 Å². The molecule has 0 atom stereocenters. The van der Waals surface area contributed by atoms with Gasteiger partial charge in [-0.25, -0.2) is 18.7 Å². The van der Waals surface area contributed by atoms with Crippen LogP contribution >= 0.6 is 7.92 Å². The second kappa shape index (κ2) is 15.3. The number of aromatic nitrogens is 7. The Kier molecular flexibility index (Phi) is 9.50. The second-order valence-electron chi connectivity index (χ2n) is 18.7. The number of imidazole rings is 1. The number of carbonyl (C=O) groups is 1. The van der Waals surface area contributed by atoms with E-state index < -0.39 is 11.3 Å². The van der Waals surface area contributed by atoms with Crippen molar-refractivity contribution in [2.75, 3.05) is 32.1 Å². The fourth-order valence-corrected chi connectivity index (χ4v) is 14.1. The number of ether oxygens (including phenoxy) is 1. The highest BCUT2D eigenvalue weighted by Gasteiger charge is 2.52. The number of aromatic amines is 1. The molecule has 1 saturated heterocycles. The number of nitrogens with zero attached hydrogens (tertiary/aromatic N) is 7. The zero-order valence-electron chi connectivity index (χ0n) is 36.8. The summed E-state index contributed by atoms with van der Waals surface area (Å²) in [4.78, 5) is 47.0. The van der Waals surface area contributed by atoms with E-state index in [0.717, 1.165) is 70.9 Å². The van der Waals surface area contributed by atoms with Gasteiger partial charge in [-0.3, -0.25) is 23.4 Å². The molecule has 6 heterocycles. The van der Waals surface area contributed by atoms with Crippen molar-refractivity contribution >= 4 is 35.7 Å². The van der Waals surface area contributed by atoms with Gasteiger partial charge in [0.25, 0.3) is 5.91 Å². The molecule has 65 heavy (non-hydrogen) atoms. The van der Waals surface area contributed by atoms with Crippen LogP contribution in [0, 0.1) is 19.7 Å². The number of amides is 1. The van der Waals surface area contributed by atoms with Gasteiger partial charge in [-0.1, -0.05) is 25.2 Å². The normalized spacial score (nSPS) is 18.4. The number of anilines is 1. The Balaban J connectivity index is 0.954. The van der Waals surface area contributed by atoms with E-state index >= 15 is 9.18 Å². The van der Waals surface area contributed by atoms with Crippen molar-refractivity contribution in [3.63, 3.8) is 0 Å². The number of halogens is 1. The van der Waals surface area contributed by atoms with Crippen LogP contribution in [0.2, 0.25) is 0 Å². The zero-order chi connectivity index (χ0) is 44.3. The number of nitrogens with one attached hydrogen (secondary N) is 2. The van der Waals surface area contributed by atoms with Gasteiger partial charge in [0.05, 0.1) is 23.6 Å². The van der Waals surface area contributed by atoms with Crippen LogP contribution in [0.3, 0.4) is 0 Å². The molecule has 0 bridgehead atoms. The molecule has 14 nitrogen and oxygen atoms in total. The van der Waals surface area contributed by atoms with Gasteiger partial charge in [0.2, 0.25) is 0 Å². The first-order valence-electron chi connectivity index (χ1n) is 23.0. The third kappa shape index (κ3) is 6.75. The molecule has 7 aromatic rings. The van der Waals surface area contributed by atoms with Crippen molar-refractivity contribution in [3.8, 4) is 17.2 Å². The van der Waals surface area contributed by atoms with E-state index in [1.165, 1.54) is 36.6 Å². The van der Waals surface area contributed by atoms with Gasteiger partial charge in [-0.05, 0) is 147 Å². The molecule has 0 radical (unpaired) electrons. The second-order valence-corrected chi connectivity index (χ2v) is 21.5. The maximum absolute atomic E-state index is 15.3. The Bertz CT molecular complexity index is 3140. The maximum atomic E-state index is 15.3. The standard InChI is InChI=1S/C49H51FN9O5P/c1-28-22-34(23-29(2)43(28)50)59-44(57-19-18-56(48(57)62)33-5-11-42(39(26-33)51-3)65(35-6-7-35)36-8-9-36)37-27-55(17-12-38(37)53-59)45(60)41-25-32-24-31(30-13-20-63-21-14-30)4-10-40(32)58(41)49(15-16-49)46-52-47(61)64-54-46/h4-5,10-11,18-19,22-26,30,35-36,51H,6-9,12-17,20-21,27H2,1-3H3,(H,52,54,61). The van der Waals surface area contributed by atoms with E-state index in [4.69, 9.17) is 14.4 Å². The SMILES string of the molecule is CNc1cc(-n2ccn(-c3c4c(nn3-c3cc(C)c(F)c(C)c3)CCN(C(=O)c3cc5cc(C6CCOCC6)ccc5n3C3(c5noc(=O)[nH]5)CC3)C4)c2=O)ccc1P(C1CC1)C1CC1. The lowest BCUT2D eigenvalue weighted by atomic mass is 9.91. The summed E-state index contributed by atoms with van der Waals surface area (Å²) in [5.41, 5.74) is 7.99. The first-order valence-corrected chi connectivity index (χ1v) is 24.5. The van der Waals surface area contributed by atoms with Gasteiger partial charge < -0.3 is 19.5 Å². The predicted molar refractivity (Wildman–Crippen MR) is 247 cm³/mol. The predicted octanol–water partition coefficient (Wildman–Crippen LogP) is 7.30. The van der Waals surface area contributed by atoms with E-state index in [2.05, 4.69) is 51.9 Å². The molecular formula is C49H51FN9O5P. The molecule has 0 unspecified atom stereocenters. The van der Waals surface area contributed by atoms with Gasteiger partial charge in [-0.2, -0.15) is 5.10 Å². The molecule has 1 amide bonds. The van der Waals surface area contributed by atoms with Crippen molar-refractivity contribution in [1.29, 1.82) is 0 Å². The number of carbonyl (C=O) groups excluding carboxylic acids is 1. The zero-order valence-corrected chi connectivity index (χ0v) is 37.7. The third-order valence-electron chi connectivity index (χ3n) is 14.4. The van der Waals surface area contributed by atoms with Crippen molar-refractivity contribution in [2.24, 2.45) is 0 Å². The summed E-state index contributed by atoms with van der Waals surface area (Å²) in [6.07, 6.45) is 12.4. The fourth-order valence-electron chi connectivity index (χ4n) is 10.7. The van der Waals surface area contributed by atoms with Crippen LogP contribution in [0.15, 0.2) is 81.1 Å². The molecule has 2 N–H and O–H groups in total. The quantitative estimate of drug-likeness (QED) is 0.129. The summed E-state index contributed by atoms with van der Waals surface area (Å²) in [5.74, 6) is 0.134. The molecule has 4 fully saturated rings. The molecular weight excluding hydrogens is 845 g/mol. The molecule has 3 aromatic carbocycles. The minimum atomic E-state index is -0.756. The highest BCUT2D eigenvalue weighted by Crippen LogP contribution is 2.64. The fraction of sp³-hybridized carbons (Fsp3) is 0.408. The summed E-state index contributed by atoms with van der Waals surface area (Å²) in [5, 5.41) is 15.0. The van der Waals surface area contributed by atoms with Crippen molar-refractivity contribution < 1.29 is 18.4 Å². The van der Waals surface area contributed by atoms with Crippen LogP contribution in [0.1, 0.15) is 102 Å². The molecule has 5 aliphatic rings. The largest absolute Gasteiger partial charge is 0.438 e. The topological polar surface area (TPSA) is 150 Å². The highest BCUT2D eigenvalue weighted by molar-refractivity contribution is 7.68. The molecule has 0 spiro atoms. The van der Waals surface area contributed by atoms with E-state index in [1.807, 2.05) is 22.6 Å². The molecule has 3 aliphatic carbocycles. The van der Waals surface area contributed by atoms with Crippen LogP contribution in [-0.4, -0.2) is 82.6 Å². The Morgan fingerprint density at radius 3 is 2.32 bits per heavy atom. The summed E-state index contributed by atoms with van der Waals surface area (Å²) in [6, 6.07) is 18.3. The van der Waals surface area contributed by atoms with Crippen LogP contribution in [0.4, 0.5) is 10.1 Å². The number of fused-ring (bicyclic) bond motifs is 2. The lowest BCUT2D eigenvalue weighted by Crippen LogP contribution is -2.38. The van der Waals surface area contributed by atoms with E-state index in [-0.39, 0.29) is 31.9 Å². The lowest BCUT2D eigenvalue weighted by Gasteiger charge is -2.28. The maximum Gasteiger partial charge on any atom is 0.438 e. The highest BCUT2D eigenvalue weighted by atomic mass is 31.1. The van der Waals surface area contributed by atoms with Crippen molar-refractivity contribution in [3.05, 3.63) is 133 Å². The van der Waals surface area contributed by atoms with E-state index in [1.54, 1.807) is 52.2 Å². The van der Waals surface area contributed by atoms with Crippen LogP contribution in [-0.2, 0) is 23.2 Å². The molecule has 4 aromatic heterocycles. The first kappa shape index (κ1) is 40.5. The lowest BCUT2D eigenvalue weighted by molar-refractivity contribution is 0.0721. The van der Waals surface area contributed by atoms with Crippen LogP contribution in [0.5, 0.6) is 0 Å². The smallest absolute Gasteiger partial charge is 0.388 e. The van der Waals surface area contributed by atoms with E-state index in [9.17, 15) is 9.59 Å². The third-order valence-corrected chi connectivity index (χ3v) is 18.0. The van der Waals surface area contributed by atoms with Crippen molar-refractivity contribution in [1.82, 2.24) is 38.5 Å². The van der Waals surface area contributed by atoms with Crippen LogP contribution in [0.25, 0.3) is 28.1 Å². The summed E-state index contributed by atoms with van der Waals surface area (Å²) < 4.78 is 32.8. The molecule has 334 valence electrons. The van der Waals surface area contributed by atoms with Gasteiger partial charge in [0.1, 0.15) is 22.9 Å². The number of aryl methyl sites for hydroxylation is 2. The van der Waals surface area contributed by atoms with Gasteiger partial charge in [-0.15, -0.1) is 0 Å². The number of hydrogen-bond acceptors (Lipinski definition) is 8. The van der Waals surface area contributed by atoms with Gasteiger partial charge >= 0.3 is 11.4 Å². The summed E-state index contributed by atoms with van der Waals surface area (Å²) in [6.45, 7) is 5.45. The minimum Gasteiger partial charge on any atom is -0.388 e. The summed E-state index contributed by atoms with van der Waals surface area (Å²) in [7, 11) is 1.71. The Morgan fingerprint density at radius 2 is 1.65 bits per heavy atom. The number of rotatable bonds is 11. The first-order chi connectivity index (χ1) is 31.6. The summed E-state index contributed by atoms with van der Waals surface area (Å²) >= 11 is 0. The molecule has 3 saturated carbocycles. The van der Waals surface area contributed by atoms with Crippen LogP contribution < -0.4 is 22.1 Å². The average Bonchev–Trinajstić information content (AvgIpc) is 4.30. The van der Waals surface area contributed by atoms with Gasteiger partial charge in [0.15, 0.2) is 5.82 Å². The number of H-pyrrole nitrogens is 1. The molecule has 2 aliphatic heterocycles. The Hall–Kier alpha value is -6.05. The Morgan fingerprint density at radius 1 is 0.908 bits per heavy atom. The Labute approximate surface area is 375 Å². The molecule has 16 heteroatoms. The van der Waals surface area contributed by atoms with Crippen molar-refractivity contribution in [2.45, 2.75) is 101 Å². The number of benzene rings is 3. The molecule has 12 rings (SSSR count). The number of hydrogen-bond donors (Lipinski definition) is 2. The minimum absolute atomic E-state index is 0.174. The monoisotopic (exact) mass is 895 g/mol. The van der Waals surface area contributed by atoms with Gasteiger partial charge in [0, 0.05) is 67.8 Å².